The standard InChI is InChI=1S/C36H24N2.C14H16N2.C2H6.H2/c1-3-11-27(12-4-1)37-33-17-9-7-15-29(33)31-23-25(19-21-35(31)37)26-20-22-36-32(24-26)30-16-8-10-18-34(30)38(36)28-13-5-2-6-14-28;1-16-14(11-7-3-2-4-8-11)12-9-5-6-10-13(12)15;1-2;/h1-24H;2-10,14,16H,15H2,1H3;1-2H3;1H. The van der Waals surface area contributed by atoms with Gasteiger partial charge < -0.3 is 20.2 Å². The van der Waals surface area contributed by atoms with Gasteiger partial charge in [0, 0.05) is 40.0 Å². The van der Waals surface area contributed by atoms with Gasteiger partial charge in [0.25, 0.3) is 0 Å². The summed E-state index contributed by atoms with van der Waals surface area (Å²) in [4.78, 5) is 0. The normalized spacial score (nSPS) is 11.6. The van der Waals surface area contributed by atoms with Crippen molar-refractivity contribution in [1.82, 2.24) is 14.5 Å². The minimum atomic E-state index is 0. The van der Waals surface area contributed by atoms with Gasteiger partial charge in [-0.1, -0.05) is 147 Å². The second-order valence-corrected chi connectivity index (χ2v) is 13.6. The van der Waals surface area contributed by atoms with E-state index >= 15 is 0 Å². The first-order chi connectivity index (χ1) is 27.7. The minimum Gasteiger partial charge on any atom is -0.398 e. The second kappa shape index (κ2) is 16.2. The van der Waals surface area contributed by atoms with Gasteiger partial charge in [-0.15, -0.1) is 0 Å². The van der Waals surface area contributed by atoms with E-state index in [4.69, 9.17) is 5.73 Å². The number of nitrogen functional groups attached to an aromatic ring is 1. The molecule has 10 aromatic rings. The average molecular weight is 729 g/mol. The number of hydrogen-bond donors (Lipinski definition) is 2. The zero-order valence-corrected chi connectivity index (χ0v) is 32.1. The zero-order valence-electron chi connectivity index (χ0n) is 32.1. The van der Waals surface area contributed by atoms with Gasteiger partial charge in [-0.25, -0.2) is 0 Å². The molecule has 0 bridgehead atoms. The van der Waals surface area contributed by atoms with Crippen LogP contribution in [-0.4, -0.2) is 16.2 Å². The highest BCUT2D eigenvalue weighted by atomic mass is 15.0. The number of nitrogens with two attached hydrogens (primary N) is 1. The summed E-state index contributed by atoms with van der Waals surface area (Å²) >= 11 is 0. The molecule has 4 nitrogen and oxygen atoms in total. The summed E-state index contributed by atoms with van der Waals surface area (Å²) < 4.78 is 4.73. The van der Waals surface area contributed by atoms with Crippen molar-refractivity contribution in [3.63, 3.8) is 0 Å². The van der Waals surface area contributed by atoms with Crippen molar-refractivity contribution in [2.24, 2.45) is 0 Å². The lowest BCUT2D eigenvalue weighted by Crippen LogP contribution is -2.18. The smallest absolute Gasteiger partial charge is 0.0594 e. The van der Waals surface area contributed by atoms with Crippen LogP contribution in [0.2, 0.25) is 0 Å². The molecule has 4 heteroatoms. The monoisotopic (exact) mass is 728 g/mol. The van der Waals surface area contributed by atoms with Crippen LogP contribution in [-0.2, 0) is 0 Å². The maximum atomic E-state index is 5.99. The van der Waals surface area contributed by atoms with E-state index in [0.29, 0.717) is 0 Å². The minimum absolute atomic E-state index is 0. The van der Waals surface area contributed by atoms with Gasteiger partial charge in [0.2, 0.25) is 0 Å². The first-order valence-electron chi connectivity index (χ1n) is 19.4. The van der Waals surface area contributed by atoms with E-state index in [1.807, 2.05) is 57.3 Å². The van der Waals surface area contributed by atoms with Crippen molar-refractivity contribution in [3.8, 4) is 22.5 Å². The number of fused-ring (bicyclic) bond motifs is 6. The Morgan fingerprint density at radius 3 is 1.29 bits per heavy atom. The van der Waals surface area contributed by atoms with Crippen LogP contribution in [0.4, 0.5) is 5.69 Å². The zero-order chi connectivity index (χ0) is 38.4. The SMILES string of the molecule is CC.CNC(c1ccccc1)c1ccccc1N.[HH].c1ccc(-n2c3ccccc3c3cc(-c4ccc5c(c4)c4ccccc4n5-c4ccccc4)ccc32)cc1. The van der Waals surface area contributed by atoms with Gasteiger partial charge in [0.05, 0.1) is 28.1 Å². The molecule has 0 saturated heterocycles. The Morgan fingerprint density at radius 1 is 0.429 bits per heavy atom. The Hall–Kier alpha value is -6.88. The number of para-hydroxylation sites is 5. The summed E-state index contributed by atoms with van der Waals surface area (Å²) in [6.07, 6.45) is 0. The molecule has 2 heterocycles. The molecule has 3 N–H and O–H groups in total. The maximum Gasteiger partial charge on any atom is 0.0594 e. The highest BCUT2D eigenvalue weighted by molar-refractivity contribution is 6.12. The van der Waals surface area contributed by atoms with E-state index in [-0.39, 0.29) is 7.47 Å². The molecule has 0 aliphatic rings. The molecule has 0 fully saturated rings. The quantitative estimate of drug-likeness (QED) is 0.168. The topological polar surface area (TPSA) is 47.9 Å². The van der Waals surface area contributed by atoms with Crippen molar-refractivity contribution in [1.29, 1.82) is 0 Å². The lowest BCUT2D eigenvalue weighted by molar-refractivity contribution is 0.694. The van der Waals surface area contributed by atoms with Crippen LogP contribution in [0, 0.1) is 0 Å². The molecule has 0 radical (unpaired) electrons. The van der Waals surface area contributed by atoms with E-state index in [9.17, 15) is 0 Å². The largest absolute Gasteiger partial charge is 0.398 e. The summed E-state index contributed by atoms with van der Waals surface area (Å²) in [6.45, 7) is 4.00. The lowest BCUT2D eigenvalue weighted by Gasteiger charge is -2.18. The third-order valence-electron chi connectivity index (χ3n) is 10.4. The van der Waals surface area contributed by atoms with Gasteiger partial charge in [0.15, 0.2) is 0 Å². The molecule has 0 saturated carbocycles. The van der Waals surface area contributed by atoms with E-state index in [1.165, 1.54) is 71.7 Å². The Balaban J connectivity index is 0.000000221. The molecule has 56 heavy (non-hydrogen) atoms. The molecule has 8 aromatic carbocycles. The number of anilines is 1. The summed E-state index contributed by atoms with van der Waals surface area (Å²) in [5.74, 6) is 0. The lowest BCUT2D eigenvalue weighted by atomic mass is 9.97. The Bertz CT molecular complexity index is 2720. The Kier molecular flexibility index (Phi) is 10.5. The van der Waals surface area contributed by atoms with E-state index in [1.54, 1.807) is 0 Å². The number of hydrogen-bond acceptors (Lipinski definition) is 2. The van der Waals surface area contributed by atoms with E-state index in [0.717, 1.165) is 11.3 Å². The fraction of sp³-hybridized carbons (Fsp3) is 0.0769. The maximum absolute atomic E-state index is 5.99. The molecule has 276 valence electrons. The number of aromatic nitrogens is 2. The van der Waals surface area contributed by atoms with Crippen LogP contribution in [0.1, 0.15) is 32.4 Å². The van der Waals surface area contributed by atoms with Crippen LogP contribution >= 0.6 is 0 Å². The second-order valence-electron chi connectivity index (χ2n) is 13.6. The molecule has 0 spiro atoms. The van der Waals surface area contributed by atoms with Gasteiger partial charge in [-0.05, 0) is 96.0 Å². The Morgan fingerprint density at radius 2 is 0.821 bits per heavy atom. The van der Waals surface area contributed by atoms with Crippen LogP contribution in [0.15, 0.2) is 200 Å². The molecule has 0 amide bonds. The van der Waals surface area contributed by atoms with E-state index < -0.39 is 0 Å². The predicted molar refractivity (Wildman–Crippen MR) is 242 cm³/mol. The van der Waals surface area contributed by atoms with Crippen LogP contribution < -0.4 is 11.1 Å². The highest BCUT2D eigenvalue weighted by Gasteiger charge is 2.16. The summed E-state index contributed by atoms with van der Waals surface area (Å²) in [6, 6.07) is 70.9. The molecule has 0 aliphatic carbocycles. The van der Waals surface area contributed by atoms with Crippen molar-refractivity contribution in [3.05, 3.63) is 211 Å². The van der Waals surface area contributed by atoms with Crippen LogP contribution in [0.25, 0.3) is 66.1 Å². The first-order valence-corrected chi connectivity index (χ1v) is 19.4. The number of rotatable bonds is 6. The molecular formula is C52H48N4. The average Bonchev–Trinajstić information content (AvgIpc) is 3.79. The number of nitrogens with one attached hydrogen (secondary N) is 1. The molecule has 1 unspecified atom stereocenters. The third kappa shape index (κ3) is 6.72. The summed E-state index contributed by atoms with van der Waals surface area (Å²) in [7, 11) is 1.95. The molecular weight excluding hydrogens is 681 g/mol. The molecule has 10 rings (SSSR count). The summed E-state index contributed by atoms with van der Waals surface area (Å²) in [5.41, 5.74) is 18.9. The fourth-order valence-electron chi connectivity index (χ4n) is 7.94. The van der Waals surface area contributed by atoms with Crippen molar-refractivity contribution < 1.29 is 1.43 Å². The van der Waals surface area contributed by atoms with Gasteiger partial charge in [-0.2, -0.15) is 0 Å². The number of benzene rings is 8. The number of nitrogens with zero attached hydrogens (tertiary/aromatic N) is 2. The van der Waals surface area contributed by atoms with Crippen molar-refractivity contribution >= 4 is 49.3 Å². The van der Waals surface area contributed by atoms with Gasteiger partial charge in [0.1, 0.15) is 0 Å². The first kappa shape index (κ1) is 36.1. The Labute approximate surface area is 330 Å². The van der Waals surface area contributed by atoms with Crippen LogP contribution in [0.5, 0.6) is 0 Å². The highest BCUT2D eigenvalue weighted by Crippen LogP contribution is 2.38. The van der Waals surface area contributed by atoms with Crippen molar-refractivity contribution in [2.75, 3.05) is 12.8 Å². The van der Waals surface area contributed by atoms with Gasteiger partial charge in [-0.3, -0.25) is 0 Å². The summed E-state index contributed by atoms with van der Waals surface area (Å²) in [5, 5.41) is 8.39. The van der Waals surface area contributed by atoms with Crippen LogP contribution in [0.3, 0.4) is 0 Å². The van der Waals surface area contributed by atoms with E-state index in [2.05, 4.69) is 178 Å². The van der Waals surface area contributed by atoms with Crippen molar-refractivity contribution in [2.45, 2.75) is 19.9 Å². The molecule has 1 atom stereocenters. The molecule has 2 aromatic heterocycles. The fourth-order valence-corrected chi connectivity index (χ4v) is 7.94. The van der Waals surface area contributed by atoms with Gasteiger partial charge >= 0.3 is 0 Å². The molecule has 0 aliphatic heterocycles. The third-order valence-corrected chi connectivity index (χ3v) is 10.4. The predicted octanol–water partition coefficient (Wildman–Crippen LogP) is 13.4.